The molecule has 4 aromatic rings. The van der Waals surface area contributed by atoms with Crippen LogP contribution in [0.2, 0.25) is 0 Å². The number of para-hydroxylation sites is 2. The Bertz CT molecular complexity index is 1530. The van der Waals surface area contributed by atoms with Gasteiger partial charge in [0.05, 0.1) is 17.6 Å². The van der Waals surface area contributed by atoms with Crippen molar-refractivity contribution in [1.29, 1.82) is 0 Å². The Morgan fingerprint density at radius 3 is 2.54 bits per heavy atom. The molecule has 6 rings (SSSR count). The van der Waals surface area contributed by atoms with Gasteiger partial charge in [0.1, 0.15) is 22.7 Å². The minimum absolute atomic E-state index is 0.0344. The summed E-state index contributed by atoms with van der Waals surface area (Å²) in [5.74, 6) is -0.107. The maximum atomic E-state index is 13.8. The number of hydrogen-bond acceptors (Lipinski definition) is 4. The zero-order chi connectivity index (χ0) is 26.1. The lowest BCUT2D eigenvalue weighted by atomic mass is 9.86. The van der Waals surface area contributed by atoms with E-state index >= 15 is 0 Å². The lowest BCUT2D eigenvalue weighted by Gasteiger charge is -2.45. The van der Waals surface area contributed by atoms with Gasteiger partial charge in [0.25, 0.3) is 12.3 Å². The van der Waals surface area contributed by atoms with Crippen molar-refractivity contribution >= 4 is 11.6 Å². The molecule has 1 saturated heterocycles. The molecule has 0 atom stereocenters. The minimum atomic E-state index is -4.56. The number of piperidine rings is 1. The van der Waals surface area contributed by atoms with E-state index < -0.39 is 29.8 Å². The molecule has 1 fully saturated rings. The van der Waals surface area contributed by atoms with Gasteiger partial charge < -0.3 is 14.2 Å². The predicted octanol–water partition coefficient (Wildman–Crippen LogP) is 5.31. The van der Waals surface area contributed by atoms with E-state index in [9.17, 15) is 26.7 Å². The van der Waals surface area contributed by atoms with Crippen LogP contribution < -0.4 is 4.74 Å². The number of ether oxygens (including phenoxy) is 1. The number of nitrogens with zero attached hydrogens (tertiary/aromatic N) is 5. The maximum Gasteiger partial charge on any atom is 0.431 e. The van der Waals surface area contributed by atoms with Gasteiger partial charge in [-0.1, -0.05) is 12.1 Å². The largest absolute Gasteiger partial charge is 0.479 e. The third-order valence-corrected chi connectivity index (χ3v) is 6.99. The third-order valence-electron chi connectivity index (χ3n) is 6.99. The fraction of sp³-hybridized carbons (Fsp3) is 0.320. The Kier molecular flexibility index (Phi) is 5.08. The van der Waals surface area contributed by atoms with Crippen molar-refractivity contribution in [3.8, 4) is 11.4 Å². The van der Waals surface area contributed by atoms with Crippen molar-refractivity contribution in [2.75, 3.05) is 13.1 Å². The Labute approximate surface area is 207 Å². The van der Waals surface area contributed by atoms with Crippen molar-refractivity contribution in [2.24, 2.45) is 0 Å². The van der Waals surface area contributed by atoms with E-state index in [1.807, 2.05) is 0 Å². The SMILES string of the molecule is Cc1cc(C(F)F)n2ncc(C(=O)N3CCC4(CC3)Oc3ccccc3-n3c(C(F)(F)F)ccc34)c2n1. The van der Waals surface area contributed by atoms with Crippen LogP contribution in [-0.2, 0) is 11.8 Å². The highest BCUT2D eigenvalue weighted by Crippen LogP contribution is 2.48. The van der Waals surface area contributed by atoms with E-state index in [0.717, 1.165) is 10.6 Å². The Morgan fingerprint density at radius 1 is 1.11 bits per heavy atom. The number of rotatable bonds is 2. The van der Waals surface area contributed by atoms with Gasteiger partial charge in [0.2, 0.25) is 0 Å². The fourth-order valence-electron chi connectivity index (χ4n) is 5.28. The molecule has 0 bridgehead atoms. The summed E-state index contributed by atoms with van der Waals surface area (Å²) in [6.07, 6.45) is -5.67. The molecule has 2 aliphatic heterocycles. The molecule has 12 heteroatoms. The summed E-state index contributed by atoms with van der Waals surface area (Å²) in [6, 6.07) is 10.2. The van der Waals surface area contributed by atoms with Gasteiger partial charge >= 0.3 is 6.18 Å². The summed E-state index contributed by atoms with van der Waals surface area (Å²) in [6.45, 7) is 1.91. The molecule has 0 saturated carbocycles. The number of alkyl halides is 5. The van der Waals surface area contributed by atoms with Gasteiger partial charge in [0, 0.05) is 31.6 Å². The van der Waals surface area contributed by atoms with Gasteiger partial charge in [-0.2, -0.15) is 18.3 Å². The second-order valence-electron chi connectivity index (χ2n) is 9.21. The van der Waals surface area contributed by atoms with E-state index in [-0.39, 0.29) is 42.8 Å². The molecule has 2 aliphatic rings. The molecule has 1 spiro atoms. The molecule has 5 heterocycles. The third kappa shape index (κ3) is 3.57. The van der Waals surface area contributed by atoms with Crippen LogP contribution >= 0.6 is 0 Å². The molecule has 192 valence electrons. The first-order valence-corrected chi connectivity index (χ1v) is 11.6. The highest BCUT2D eigenvalue weighted by atomic mass is 19.4. The average Bonchev–Trinajstić information content (AvgIpc) is 3.49. The van der Waals surface area contributed by atoms with Crippen LogP contribution in [0.4, 0.5) is 22.0 Å². The highest BCUT2D eigenvalue weighted by molar-refractivity contribution is 5.99. The molecule has 0 aliphatic carbocycles. The Hall–Kier alpha value is -3.96. The summed E-state index contributed by atoms with van der Waals surface area (Å²) >= 11 is 0. The number of benzene rings is 1. The predicted molar refractivity (Wildman–Crippen MR) is 121 cm³/mol. The first-order valence-electron chi connectivity index (χ1n) is 11.6. The van der Waals surface area contributed by atoms with Crippen LogP contribution in [0.1, 0.15) is 52.4 Å². The monoisotopic (exact) mass is 517 g/mol. The Balaban J connectivity index is 1.32. The second-order valence-corrected chi connectivity index (χ2v) is 9.21. The standard InChI is InChI=1S/C25H20F5N5O2/c1-14-12-17(21(26)27)35-22(32-14)15(13-31-35)23(36)33-10-8-24(9-11-33)19-6-7-20(25(28,29)30)34(19)16-4-2-3-5-18(16)37-24/h2-7,12-13,21H,8-11H2,1H3. The molecule has 1 aromatic carbocycles. The molecule has 3 aromatic heterocycles. The number of carbonyl (C=O) groups is 1. The van der Waals surface area contributed by atoms with Gasteiger partial charge in [-0.15, -0.1) is 0 Å². The molecule has 0 unspecified atom stereocenters. The number of aromatic nitrogens is 4. The quantitative estimate of drug-likeness (QED) is 0.338. The lowest BCUT2D eigenvalue weighted by molar-refractivity contribution is -0.143. The van der Waals surface area contributed by atoms with Gasteiger partial charge in [-0.25, -0.2) is 18.3 Å². The normalized spacial score (nSPS) is 16.7. The van der Waals surface area contributed by atoms with Crippen LogP contribution in [0.5, 0.6) is 5.75 Å². The summed E-state index contributed by atoms with van der Waals surface area (Å²) in [5.41, 5.74) is -1.10. The van der Waals surface area contributed by atoms with E-state index in [1.54, 1.807) is 31.2 Å². The average molecular weight is 517 g/mol. The van der Waals surface area contributed by atoms with Crippen LogP contribution in [0.3, 0.4) is 0 Å². The number of amides is 1. The smallest absolute Gasteiger partial charge is 0.431 e. The van der Waals surface area contributed by atoms with Gasteiger partial charge in [-0.3, -0.25) is 4.79 Å². The molecule has 37 heavy (non-hydrogen) atoms. The van der Waals surface area contributed by atoms with Crippen molar-refractivity contribution < 1.29 is 31.5 Å². The van der Waals surface area contributed by atoms with E-state index in [0.29, 0.717) is 22.8 Å². The summed E-state index contributed by atoms with van der Waals surface area (Å²) < 4.78 is 77.0. The summed E-state index contributed by atoms with van der Waals surface area (Å²) in [4.78, 5) is 19.1. The molecular weight excluding hydrogens is 497 g/mol. The first kappa shape index (κ1) is 23.4. The first-order chi connectivity index (χ1) is 17.6. The van der Waals surface area contributed by atoms with E-state index in [1.165, 1.54) is 27.8 Å². The van der Waals surface area contributed by atoms with Crippen molar-refractivity contribution in [3.05, 3.63) is 77.0 Å². The molecule has 1 amide bonds. The van der Waals surface area contributed by atoms with E-state index in [4.69, 9.17) is 4.74 Å². The fourth-order valence-corrected chi connectivity index (χ4v) is 5.28. The minimum Gasteiger partial charge on any atom is -0.479 e. The topological polar surface area (TPSA) is 64.7 Å². The Morgan fingerprint density at radius 2 is 1.84 bits per heavy atom. The lowest BCUT2D eigenvalue weighted by Crippen LogP contribution is -2.50. The van der Waals surface area contributed by atoms with Gasteiger partial charge in [0.15, 0.2) is 11.2 Å². The molecular formula is C25H20F5N5O2. The number of fused-ring (bicyclic) bond motifs is 5. The number of carbonyl (C=O) groups excluding carboxylic acids is 1. The van der Waals surface area contributed by atoms with Crippen molar-refractivity contribution in [1.82, 2.24) is 24.1 Å². The number of hydrogen-bond donors (Lipinski definition) is 0. The number of likely N-dealkylation sites (tertiary alicyclic amines) is 1. The highest BCUT2D eigenvalue weighted by Gasteiger charge is 2.48. The van der Waals surface area contributed by atoms with Crippen molar-refractivity contribution in [2.45, 2.75) is 38.0 Å². The number of aryl methyl sites for hydroxylation is 1. The van der Waals surface area contributed by atoms with Crippen molar-refractivity contribution in [3.63, 3.8) is 0 Å². The molecule has 0 N–H and O–H groups in total. The van der Waals surface area contributed by atoms with Crippen LogP contribution in [0.15, 0.2) is 48.7 Å². The van der Waals surface area contributed by atoms with Crippen LogP contribution in [-0.4, -0.2) is 43.1 Å². The summed E-state index contributed by atoms with van der Waals surface area (Å²) in [7, 11) is 0. The molecule has 0 radical (unpaired) electrons. The van der Waals surface area contributed by atoms with E-state index in [2.05, 4.69) is 10.1 Å². The zero-order valence-electron chi connectivity index (χ0n) is 19.5. The van der Waals surface area contributed by atoms with Crippen LogP contribution in [0, 0.1) is 6.92 Å². The maximum absolute atomic E-state index is 13.8. The zero-order valence-corrected chi connectivity index (χ0v) is 19.5. The molecule has 7 nitrogen and oxygen atoms in total. The number of halogens is 5. The second kappa shape index (κ2) is 8.02. The summed E-state index contributed by atoms with van der Waals surface area (Å²) in [5, 5.41) is 3.95. The van der Waals surface area contributed by atoms with Crippen LogP contribution in [0.25, 0.3) is 11.3 Å². The van der Waals surface area contributed by atoms with Gasteiger partial charge in [-0.05, 0) is 37.3 Å².